The monoisotopic (exact) mass is 561 g/mol. The van der Waals surface area contributed by atoms with E-state index in [4.69, 9.17) is 14.2 Å². The zero-order chi connectivity index (χ0) is 27.7. The zero-order valence-electron chi connectivity index (χ0n) is 21.3. The highest BCUT2D eigenvalue weighted by molar-refractivity contribution is 7.53. The van der Waals surface area contributed by atoms with Crippen molar-refractivity contribution in [2.45, 2.75) is 75.5 Å². The van der Waals surface area contributed by atoms with Gasteiger partial charge >= 0.3 is 13.6 Å². The molecule has 214 valence electrons. The molecule has 7 N–H and O–H groups in total. The van der Waals surface area contributed by atoms with Crippen LogP contribution >= 0.6 is 7.60 Å². The van der Waals surface area contributed by atoms with E-state index in [1.54, 1.807) is 0 Å². The molecular formula is C22H36N5O10P. The van der Waals surface area contributed by atoms with Crippen molar-refractivity contribution in [2.75, 3.05) is 31.7 Å². The molecular weight excluding hydrogens is 525 g/mol. The fourth-order valence-corrected chi connectivity index (χ4v) is 5.10. The number of hydrogen-bond donors (Lipinski definition) is 7. The van der Waals surface area contributed by atoms with Gasteiger partial charge < -0.3 is 49.7 Å². The molecule has 3 heterocycles. The minimum absolute atomic E-state index is 0.110. The highest BCUT2D eigenvalue weighted by Gasteiger charge is 2.51. The Hall–Kier alpha value is -1.94. The van der Waals surface area contributed by atoms with Gasteiger partial charge in [0.2, 0.25) is 5.34 Å². The van der Waals surface area contributed by atoms with Gasteiger partial charge in [-0.25, -0.2) is 4.68 Å². The molecule has 15 nitrogen and oxygen atoms in total. The number of aliphatic hydroxyl groups is 4. The molecule has 0 aromatic carbocycles. The molecule has 1 saturated heterocycles. The zero-order valence-corrected chi connectivity index (χ0v) is 22.1. The second-order valence-electron chi connectivity index (χ2n) is 10.2. The predicted octanol–water partition coefficient (Wildman–Crippen LogP) is -0.290. The number of aromatic nitrogens is 4. The summed E-state index contributed by atoms with van der Waals surface area (Å²) in [4.78, 5) is 28.1. The Kier molecular flexibility index (Phi) is 8.91. The summed E-state index contributed by atoms with van der Waals surface area (Å²) in [6.45, 7) is 1.34. The topological polar surface area (TPSA) is 222 Å². The number of nitrogens with one attached hydrogen (secondary N) is 1. The van der Waals surface area contributed by atoms with Crippen molar-refractivity contribution >= 4 is 24.4 Å². The van der Waals surface area contributed by atoms with E-state index in [9.17, 15) is 34.8 Å². The standard InChI is InChI=1S/C22H36N5O10P/c1-12(2)8-35-21-25-18(24-13-5-3-4-6-13)14-7-23-27(19(14)26-21)20-17(31)16(30)15(37-20)9-36-22(10-28,11-29)38(32,33)34/h7,12-13,15-17,20,28-31H,3-6,8-11H2,1-2H3,(H,24,25,26)(H2,32,33,34)/t15-,16-,17-,20-/m1/s1. The average Bonchev–Trinajstić information content (AvgIpc) is 3.59. The van der Waals surface area contributed by atoms with Gasteiger partial charge in [0, 0.05) is 6.04 Å². The van der Waals surface area contributed by atoms with Gasteiger partial charge in [0.25, 0.3) is 0 Å². The van der Waals surface area contributed by atoms with Crippen LogP contribution in [0.15, 0.2) is 6.20 Å². The number of hydrogen-bond acceptors (Lipinski definition) is 12. The lowest BCUT2D eigenvalue weighted by Crippen LogP contribution is -2.44. The van der Waals surface area contributed by atoms with Gasteiger partial charge in [0.1, 0.15) is 24.1 Å². The average molecular weight is 562 g/mol. The van der Waals surface area contributed by atoms with Crippen molar-refractivity contribution in [1.29, 1.82) is 0 Å². The summed E-state index contributed by atoms with van der Waals surface area (Å²) in [5, 5.41) is 46.1. The second-order valence-corrected chi connectivity index (χ2v) is 12.1. The molecule has 0 spiro atoms. The van der Waals surface area contributed by atoms with Crippen LogP contribution in [-0.2, 0) is 14.0 Å². The third-order valence-electron chi connectivity index (χ3n) is 6.79. The maximum absolute atomic E-state index is 11.8. The van der Waals surface area contributed by atoms with Crippen LogP contribution in [0.2, 0.25) is 0 Å². The smallest absolute Gasteiger partial charge is 0.361 e. The molecule has 0 amide bonds. The maximum Gasteiger partial charge on any atom is 0.361 e. The first-order valence-corrected chi connectivity index (χ1v) is 14.2. The second kappa shape index (κ2) is 11.7. The van der Waals surface area contributed by atoms with Crippen LogP contribution in [0.5, 0.6) is 6.01 Å². The van der Waals surface area contributed by atoms with E-state index in [0.29, 0.717) is 17.8 Å². The van der Waals surface area contributed by atoms with E-state index >= 15 is 0 Å². The number of nitrogens with zero attached hydrogens (tertiary/aromatic N) is 4. The summed E-state index contributed by atoms with van der Waals surface area (Å²) >= 11 is 0. The SMILES string of the molecule is CC(C)COc1nc(NC2CCCC2)c2cnn([C@@H]3O[C@H](COC(CO)(CO)P(=O)(O)O)[C@@H](O)[C@H]3O)c2n1. The van der Waals surface area contributed by atoms with Crippen molar-refractivity contribution in [3.8, 4) is 6.01 Å². The van der Waals surface area contributed by atoms with E-state index in [1.165, 1.54) is 10.9 Å². The van der Waals surface area contributed by atoms with Gasteiger partial charge in [-0.2, -0.15) is 15.1 Å². The summed E-state index contributed by atoms with van der Waals surface area (Å²) in [6.07, 6.45) is 0.171. The van der Waals surface area contributed by atoms with Crippen LogP contribution in [0.4, 0.5) is 5.82 Å². The van der Waals surface area contributed by atoms with Crippen molar-refractivity contribution in [1.82, 2.24) is 19.7 Å². The molecule has 38 heavy (non-hydrogen) atoms. The van der Waals surface area contributed by atoms with Crippen LogP contribution in [0, 0.1) is 5.92 Å². The fourth-order valence-electron chi connectivity index (χ4n) is 4.49. The van der Waals surface area contributed by atoms with E-state index < -0.39 is 57.3 Å². The third kappa shape index (κ3) is 5.81. The Balaban J connectivity index is 1.61. The molecule has 4 rings (SSSR count). The van der Waals surface area contributed by atoms with E-state index in [2.05, 4.69) is 20.4 Å². The van der Waals surface area contributed by atoms with E-state index in [-0.39, 0.29) is 23.6 Å². The Morgan fingerprint density at radius 1 is 1.18 bits per heavy atom. The Morgan fingerprint density at radius 3 is 2.47 bits per heavy atom. The molecule has 1 aliphatic carbocycles. The Bertz CT molecular complexity index is 1130. The Morgan fingerprint density at radius 2 is 1.87 bits per heavy atom. The summed E-state index contributed by atoms with van der Waals surface area (Å²) in [5.41, 5.74) is 0.285. The van der Waals surface area contributed by atoms with Crippen molar-refractivity contribution in [3.63, 3.8) is 0 Å². The number of rotatable bonds is 12. The number of anilines is 1. The molecule has 2 fully saturated rings. The molecule has 0 unspecified atom stereocenters. The quantitative estimate of drug-likeness (QED) is 0.166. The Labute approximate surface area is 218 Å². The van der Waals surface area contributed by atoms with E-state index in [1.807, 2.05) is 13.8 Å². The maximum atomic E-state index is 11.8. The lowest BCUT2D eigenvalue weighted by Gasteiger charge is -2.31. The van der Waals surface area contributed by atoms with Gasteiger partial charge in [-0.1, -0.05) is 26.7 Å². The van der Waals surface area contributed by atoms with Crippen LogP contribution in [0.25, 0.3) is 11.0 Å². The van der Waals surface area contributed by atoms with Crippen LogP contribution in [-0.4, -0.2) is 106 Å². The predicted molar refractivity (Wildman–Crippen MR) is 132 cm³/mol. The lowest BCUT2D eigenvalue weighted by molar-refractivity contribution is -0.121. The third-order valence-corrected chi connectivity index (χ3v) is 8.27. The highest BCUT2D eigenvalue weighted by atomic mass is 31.2. The summed E-state index contributed by atoms with van der Waals surface area (Å²) in [7, 11) is -5.11. The fraction of sp³-hybridized carbons (Fsp3) is 0.773. The number of ether oxygens (including phenoxy) is 3. The molecule has 0 radical (unpaired) electrons. The largest absolute Gasteiger partial charge is 0.463 e. The first-order chi connectivity index (χ1) is 18.0. The molecule has 2 aliphatic rings. The summed E-state index contributed by atoms with van der Waals surface area (Å²) in [6, 6.07) is 0.345. The first kappa shape index (κ1) is 29.1. The van der Waals surface area contributed by atoms with Crippen molar-refractivity contribution in [3.05, 3.63) is 6.20 Å². The van der Waals surface area contributed by atoms with Gasteiger partial charge in [-0.15, -0.1) is 0 Å². The molecule has 2 aromatic heterocycles. The minimum atomic E-state index is -5.11. The lowest BCUT2D eigenvalue weighted by atomic mass is 10.1. The van der Waals surface area contributed by atoms with Gasteiger partial charge in [0.05, 0.1) is 38.0 Å². The van der Waals surface area contributed by atoms with Crippen LogP contribution in [0.1, 0.15) is 45.8 Å². The summed E-state index contributed by atoms with van der Waals surface area (Å²) < 4.78 is 29.8. The first-order valence-electron chi connectivity index (χ1n) is 12.6. The molecule has 16 heteroatoms. The molecule has 2 aromatic rings. The minimum Gasteiger partial charge on any atom is -0.463 e. The molecule has 1 aliphatic heterocycles. The van der Waals surface area contributed by atoms with Crippen molar-refractivity contribution < 1.29 is 49.0 Å². The summed E-state index contributed by atoms with van der Waals surface area (Å²) in [5.74, 6) is 0.747. The van der Waals surface area contributed by atoms with Gasteiger partial charge in [0.15, 0.2) is 11.9 Å². The van der Waals surface area contributed by atoms with Crippen LogP contribution < -0.4 is 10.1 Å². The molecule has 1 saturated carbocycles. The van der Waals surface area contributed by atoms with Gasteiger partial charge in [-0.3, -0.25) is 4.57 Å². The van der Waals surface area contributed by atoms with Crippen molar-refractivity contribution in [2.24, 2.45) is 5.92 Å². The number of aliphatic hydroxyl groups excluding tert-OH is 4. The van der Waals surface area contributed by atoms with E-state index in [0.717, 1.165) is 25.7 Å². The van der Waals surface area contributed by atoms with Crippen LogP contribution in [0.3, 0.4) is 0 Å². The normalized spacial score (nSPS) is 25.1. The number of fused-ring (bicyclic) bond motifs is 1. The highest BCUT2D eigenvalue weighted by Crippen LogP contribution is 2.51. The molecule has 0 bridgehead atoms. The molecule has 4 atom stereocenters. The van der Waals surface area contributed by atoms with Gasteiger partial charge in [-0.05, 0) is 18.8 Å².